The molecule has 105 valence electrons. The first-order valence-electron chi connectivity index (χ1n) is 6.11. The maximum absolute atomic E-state index is 12.2. The van der Waals surface area contributed by atoms with Crippen molar-refractivity contribution in [1.82, 2.24) is 0 Å². The number of ether oxygens (including phenoxy) is 1. The van der Waals surface area contributed by atoms with Gasteiger partial charge >= 0.3 is 6.36 Å². The van der Waals surface area contributed by atoms with Crippen LogP contribution in [0.2, 0.25) is 0 Å². The summed E-state index contributed by atoms with van der Waals surface area (Å²) in [5.74, 6) is -0.763. The largest absolute Gasteiger partial charge is 0.573 e. The van der Waals surface area contributed by atoms with E-state index in [2.05, 4.69) is 11.7 Å². The summed E-state index contributed by atoms with van der Waals surface area (Å²) in [5.41, 5.74) is -0.0190. The molecule has 5 heteroatoms. The summed E-state index contributed by atoms with van der Waals surface area (Å²) in [7, 11) is 0. The summed E-state index contributed by atoms with van der Waals surface area (Å²) < 4.78 is 40.4. The molecule has 0 saturated heterocycles. The number of alkyl halides is 3. The molecular formula is C14H16F3O2. The lowest BCUT2D eigenvalue weighted by Crippen LogP contribution is -2.19. The van der Waals surface area contributed by atoms with E-state index >= 15 is 0 Å². The zero-order chi connectivity index (χ0) is 14.3. The highest BCUT2D eigenvalue weighted by atomic mass is 19.4. The molecule has 0 spiro atoms. The smallest absolute Gasteiger partial charge is 0.405 e. The summed E-state index contributed by atoms with van der Waals surface area (Å²) in [6, 6.07) is 5.43. The zero-order valence-electron chi connectivity index (χ0n) is 10.5. The minimum atomic E-state index is -4.79. The Bertz CT molecular complexity index is 413. The maximum atomic E-state index is 12.2. The van der Waals surface area contributed by atoms with Crippen LogP contribution in [0.5, 0.6) is 5.75 Å². The molecule has 1 rings (SSSR count). The van der Waals surface area contributed by atoms with Gasteiger partial charge in [0.05, 0.1) is 5.56 Å². The van der Waals surface area contributed by atoms with Crippen LogP contribution in [0.3, 0.4) is 0 Å². The number of unbranched alkanes of at least 4 members (excludes halogenated alkanes) is 3. The van der Waals surface area contributed by atoms with E-state index in [0.29, 0.717) is 6.42 Å². The lowest BCUT2D eigenvalue weighted by molar-refractivity contribution is -0.274. The number of hydrogen-bond donors (Lipinski definition) is 0. The van der Waals surface area contributed by atoms with Crippen molar-refractivity contribution in [2.45, 2.75) is 38.5 Å². The van der Waals surface area contributed by atoms with Crippen molar-refractivity contribution in [1.29, 1.82) is 0 Å². The zero-order valence-corrected chi connectivity index (χ0v) is 10.5. The average Bonchev–Trinajstić information content (AvgIpc) is 2.33. The van der Waals surface area contributed by atoms with Gasteiger partial charge in [0, 0.05) is 6.42 Å². The normalized spacial score (nSPS) is 11.4. The SMILES string of the molecule is [CH2]CCCCCC(=O)c1ccccc1OC(F)(F)F. The van der Waals surface area contributed by atoms with Crippen molar-refractivity contribution in [2.75, 3.05) is 0 Å². The Kier molecular flexibility index (Phi) is 5.86. The summed E-state index contributed by atoms with van der Waals surface area (Å²) in [4.78, 5) is 11.9. The Morgan fingerprint density at radius 3 is 2.47 bits per heavy atom. The second-order valence-electron chi connectivity index (χ2n) is 4.13. The van der Waals surface area contributed by atoms with Crippen LogP contribution < -0.4 is 4.74 Å². The Morgan fingerprint density at radius 1 is 1.16 bits per heavy atom. The molecule has 0 aliphatic carbocycles. The van der Waals surface area contributed by atoms with Gasteiger partial charge < -0.3 is 4.74 Å². The van der Waals surface area contributed by atoms with Crippen LogP contribution in [0.4, 0.5) is 13.2 Å². The van der Waals surface area contributed by atoms with E-state index in [1.807, 2.05) is 0 Å². The highest BCUT2D eigenvalue weighted by Crippen LogP contribution is 2.27. The van der Waals surface area contributed by atoms with Crippen molar-refractivity contribution in [3.05, 3.63) is 36.8 Å². The Balaban J connectivity index is 2.68. The number of halogens is 3. The monoisotopic (exact) mass is 273 g/mol. The van der Waals surface area contributed by atoms with Gasteiger partial charge in [0.25, 0.3) is 0 Å². The lowest BCUT2D eigenvalue weighted by atomic mass is 10.0. The van der Waals surface area contributed by atoms with Gasteiger partial charge in [-0.25, -0.2) is 0 Å². The van der Waals surface area contributed by atoms with Crippen LogP contribution in [-0.2, 0) is 0 Å². The Hall–Kier alpha value is -1.52. The van der Waals surface area contributed by atoms with Gasteiger partial charge in [-0.2, -0.15) is 0 Å². The van der Waals surface area contributed by atoms with Crippen LogP contribution in [0, 0.1) is 6.92 Å². The van der Waals surface area contributed by atoms with Crippen molar-refractivity contribution in [3.63, 3.8) is 0 Å². The van der Waals surface area contributed by atoms with Gasteiger partial charge in [0.2, 0.25) is 0 Å². The molecule has 0 N–H and O–H groups in total. The van der Waals surface area contributed by atoms with Gasteiger partial charge in [0.1, 0.15) is 5.75 Å². The fourth-order valence-corrected chi connectivity index (χ4v) is 1.68. The molecule has 0 bridgehead atoms. The Labute approximate surface area is 110 Å². The first kappa shape index (κ1) is 15.5. The first-order chi connectivity index (χ1) is 8.94. The third kappa shape index (κ3) is 5.77. The van der Waals surface area contributed by atoms with E-state index in [1.165, 1.54) is 18.2 Å². The van der Waals surface area contributed by atoms with Crippen LogP contribution in [-0.4, -0.2) is 12.1 Å². The number of benzene rings is 1. The topological polar surface area (TPSA) is 26.3 Å². The molecule has 0 aliphatic heterocycles. The summed E-state index contributed by atoms with van der Waals surface area (Å²) in [6.07, 6.45) is -1.37. The molecule has 0 amide bonds. The van der Waals surface area contributed by atoms with Gasteiger partial charge in [0.15, 0.2) is 5.78 Å². The summed E-state index contributed by atoms with van der Waals surface area (Å²) in [5, 5.41) is 0. The number of carbonyl (C=O) groups is 1. The molecule has 1 aromatic carbocycles. The molecule has 0 unspecified atom stereocenters. The fraction of sp³-hybridized carbons (Fsp3) is 0.429. The van der Waals surface area contributed by atoms with Gasteiger partial charge in [-0.15, -0.1) is 13.2 Å². The van der Waals surface area contributed by atoms with Crippen LogP contribution in [0.25, 0.3) is 0 Å². The molecule has 0 aliphatic rings. The van der Waals surface area contributed by atoms with E-state index < -0.39 is 12.1 Å². The predicted molar refractivity (Wildman–Crippen MR) is 65.9 cm³/mol. The molecule has 0 atom stereocenters. The van der Waals surface area contributed by atoms with Gasteiger partial charge in [-0.05, 0) is 18.6 Å². The van der Waals surface area contributed by atoms with E-state index in [1.54, 1.807) is 0 Å². The van der Waals surface area contributed by atoms with E-state index in [4.69, 9.17) is 0 Å². The number of carbonyl (C=O) groups excluding carboxylic acids is 1. The van der Waals surface area contributed by atoms with E-state index in [-0.39, 0.29) is 17.8 Å². The third-order valence-electron chi connectivity index (χ3n) is 2.57. The molecule has 0 saturated carbocycles. The van der Waals surface area contributed by atoms with E-state index in [0.717, 1.165) is 25.3 Å². The molecule has 0 fully saturated rings. The quantitative estimate of drug-likeness (QED) is 0.538. The first-order valence-corrected chi connectivity index (χ1v) is 6.11. The second-order valence-corrected chi connectivity index (χ2v) is 4.13. The minimum Gasteiger partial charge on any atom is -0.405 e. The minimum absolute atomic E-state index is 0.0190. The third-order valence-corrected chi connectivity index (χ3v) is 2.57. The van der Waals surface area contributed by atoms with Crippen LogP contribution in [0.1, 0.15) is 42.5 Å². The number of para-hydroxylation sites is 1. The standard InChI is InChI=1S/C14H16F3O2/c1-2-3-4-5-9-12(18)11-8-6-7-10-13(11)19-14(15,16)17/h6-8,10H,1-5,9H2. The molecule has 19 heavy (non-hydrogen) atoms. The van der Waals surface area contributed by atoms with Crippen LogP contribution in [0.15, 0.2) is 24.3 Å². The molecule has 1 radical (unpaired) electrons. The Morgan fingerprint density at radius 2 is 1.84 bits per heavy atom. The molecule has 1 aromatic rings. The summed E-state index contributed by atoms with van der Waals surface area (Å²) >= 11 is 0. The number of rotatable bonds is 7. The fourth-order valence-electron chi connectivity index (χ4n) is 1.68. The number of Topliss-reactive ketones (excluding diaryl/α,β-unsaturated/α-hetero) is 1. The van der Waals surface area contributed by atoms with Crippen molar-refractivity contribution < 1.29 is 22.7 Å². The van der Waals surface area contributed by atoms with Crippen LogP contribution >= 0.6 is 0 Å². The van der Waals surface area contributed by atoms with Gasteiger partial charge in [-0.3, -0.25) is 4.79 Å². The van der Waals surface area contributed by atoms with Crippen molar-refractivity contribution in [3.8, 4) is 5.75 Å². The lowest BCUT2D eigenvalue weighted by Gasteiger charge is -2.12. The van der Waals surface area contributed by atoms with E-state index in [9.17, 15) is 18.0 Å². The van der Waals surface area contributed by atoms with Crippen molar-refractivity contribution in [2.24, 2.45) is 0 Å². The van der Waals surface area contributed by atoms with Crippen molar-refractivity contribution >= 4 is 5.78 Å². The number of hydrogen-bond acceptors (Lipinski definition) is 2. The van der Waals surface area contributed by atoms with Gasteiger partial charge in [-0.1, -0.05) is 38.3 Å². The summed E-state index contributed by atoms with van der Waals surface area (Å²) in [6.45, 7) is 3.68. The highest BCUT2D eigenvalue weighted by molar-refractivity contribution is 5.98. The maximum Gasteiger partial charge on any atom is 0.573 e. The number of ketones is 1. The highest BCUT2D eigenvalue weighted by Gasteiger charge is 2.32. The predicted octanol–water partition coefficient (Wildman–Crippen LogP) is 4.55. The second kappa shape index (κ2) is 7.16. The molecule has 0 heterocycles. The molecule has 0 aromatic heterocycles. The average molecular weight is 273 g/mol. The molecule has 2 nitrogen and oxygen atoms in total. The molecular weight excluding hydrogens is 257 g/mol.